The first-order valence-electron chi connectivity index (χ1n) is 7.61. The van der Waals surface area contributed by atoms with Crippen molar-refractivity contribution in [2.75, 3.05) is 6.54 Å². The monoisotopic (exact) mass is 292 g/mol. The smallest absolute Gasteiger partial charge is 0.241 e. The second kappa shape index (κ2) is 5.15. The Kier molecular flexibility index (Phi) is 3.63. The van der Waals surface area contributed by atoms with Gasteiger partial charge in [0.15, 0.2) is 0 Å². The van der Waals surface area contributed by atoms with Crippen LogP contribution in [0.1, 0.15) is 51.8 Å². The number of nitrogens with zero attached hydrogens (tertiary/aromatic N) is 1. The minimum atomic E-state index is 0.00626. The van der Waals surface area contributed by atoms with Gasteiger partial charge < -0.3 is 4.90 Å². The Morgan fingerprint density at radius 1 is 1.50 bits per heavy atom. The number of amides is 1. The molecule has 1 N–H and O–H groups in total. The molecule has 110 valence electrons. The molecule has 3 rings (SSSR count). The minimum absolute atomic E-state index is 0.00626. The van der Waals surface area contributed by atoms with Crippen LogP contribution in [0.3, 0.4) is 0 Å². The maximum Gasteiger partial charge on any atom is 0.241 e. The second-order valence-electron chi connectivity index (χ2n) is 6.85. The zero-order chi connectivity index (χ0) is 14.3. The molecular formula is C16H24N2OS. The van der Waals surface area contributed by atoms with Gasteiger partial charge in [-0.2, -0.15) is 11.3 Å². The molecule has 1 amide bonds. The maximum absolute atomic E-state index is 12.6. The summed E-state index contributed by atoms with van der Waals surface area (Å²) in [6.07, 6.45) is 3.31. The van der Waals surface area contributed by atoms with E-state index >= 15 is 0 Å². The minimum Gasteiger partial charge on any atom is -0.321 e. The van der Waals surface area contributed by atoms with Crippen LogP contribution in [0.2, 0.25) is 0 Å². The van der Waals surface area contributed by atoms with Gasteiger partial charge in [0.1, 0.15) is 6.17 Å². The normalized spacial score (nSPS) is 31.9. The molecule has 1 saturated heterocycles. The highest BCUT2D eigenvalue weighted by molar-refractivity contribution is 7.07. The van der Waals surface area contributed by atoms with E-state index < -0.39 is 0 Å². The van der Waals surface area contributed by atoms with Crippen molar-refractivity contribution in [3.05, 3.63) is 22.4 Å². The third-order valence-corrected chi connectivity index (χ3v) is 5.52. The highest BCUT2D eigenvalue weighted by Crippen LogP contribution is 2.52. The number of hydrogen-bond donors (Lipinski definition) is 1. The SMILES string of the molecule is CCCC1NC(c2ccsc2)N(CC2CC2(C)C)C1=O. The molecule has 1 saturated carbocycles. The van der Waals surface area contributed by atoms with E-state index in [4.69, 9.17) is 0 Å². The Morgan fingerprint density at radius 3 is 2.80 bits per heavy atom. The zero-order valence-electron chi connectivity index (χ0n) is 12.6. The van der Waals surface area contributed by atoms with Gasteiger partial charge in [0.25, 0.3) is 0 Å². The molecule has 1 aliphatic carbocycles. The lowest BCUT2D eigenvalue weighted by Gasteiger charge is -2.24. The molecular weight excluding hydrogens is 268 g/mol. The van der Waals surface area contributed by atoms with Gasteiger partial charge in [-0.3, -0.25) is 10.1 Å². The highest BCUT2D eigenvalue weighted by atomic mass is 32.1. The van der Waals surface area contributed by atoms with Crippen LogP contribution in [0.25, 0.3) is 0 Å². The molecule has 3 nitrogen and oxygen atoms in total. The molecule has 1 aromatic rings. The Morgan fingerprint density at radius 2 is 2.25 bits per heavy atom. The molecule has 2 fully saturated rings. The first-order chi connectivity index (χ1) is 9.53. The topological polar surface area (TPSA) is 32.3 Å². The van der Waals surface area contributed by atoms with Crippen LogP contribution in [0.5, 0.6) is 0 Å². The van der Waals surface area contributed by atoms with Gasteiger partial charge in [0.2, 0.25) is 5.91 Å². The van der Waals surface area contributed by atoms with Crippen LogP contribution in [-0.4, -0.2) is 23.4 Å². The molecule has 0 bridgehead atoms. The van der Waals surface area contributed by atoms with Crippen LogP contribution in [0.4, 0.5) is 0 Å². The average Bonchev–Trinajstić information content (AvgIpc) is 2.81. The summed E-state index contributed by atoms with van der Waals surface area (Å²) in [7, 11) is 0. The lowest BCUT2D eigenvalue weighted by Crippen LogP contribution is -2.33. The number of nitrogens with one attached hydrogen (secondary N) is 1. The Bertz CT molecular complexity index is 483. The van der Waals surface area contributed by atoms with E-state index in [2.05, 4.69) is 47.8 Å². The van der Waals surface area contributed by atoms with Crippen molar-refractivity contribution in [2.24, 2.45) is 11.3 Å². The van der Waals surface area contributed by atoms with Crippen LogP contribution in [0.15, 0.2) is 16.8 Å². The fraction of sp³-hybridized carbons (Fsp3) is 0.688. The Balaban J connectivity index is 1.77. The largest absolute Gasteiger partial charge is 0.321 e. The predicted molar refractivity (Wildman–Crippen MR) is 82.5 cm³/mol. The summed E-state index contributed by atoms with van der Waals surface area (Å²) in [5, 5.41) is 7.79. The molecule has 0 radical (unpaired) electrons. The summed E-state index contributed by atoms with van der Waals surface area (Å²) < 4.78 is 0. The first-order valence-corrected chi connectivity index (χ1v) is 8.56. The first kappa shape index (κ1) is 14.1. The zero-order valence-corrected chi connectivity index (χ0v) is 13.4. The quantitative estimate of drug-likeness (QED) is 0.902. The summed E-state index contributed by atoms with van der Waals surface area (Å²) >= 11 is 1.70. The van der Waals surface area contributed by atoms with Gasteiger partial charge in [-0.25, -0.2) is 0 Å². The van der Waals surface area contributed by atoms with Crippen LogP contribution in [-0.2, 0) is 4.79 Å². The van der Waals surface area contributed by atoms with Crippen LogP contribution >= 0.6 is 11.3 Å². The lowest BCUT2D eigenvalue weighted by atomic mass is 10.1. The molecule has 4 heteroatoms. The van der Waals surface area contributed by atoms with E-state index in [1.165, 1.54) is 12.0 Å². The Labute approximate surface area is 125 Å². The standard InChI is InChI=1S/C16H24N2OS/c1-4-5-13-15(19)18(9-12-8-16(12,2)3)14(17-13)11-6-7-20-10-11/h6-7,10,12-14,17H,4-5,8-9H2,1-3H3. The predicted octanol–water partition coefficient (Wildman–Crippen LogP) is 3.39. The van der Waals surface area contributed by atoms with E-state index in [0.29, 0.717) is 17.2 Å². The lowest BCUT2D eigenvalue weighted by molar-refractivity contribution is -0.130. The average molecular weight is 292 g/mol. The van der Waals surface area contributed by atoms with Gasteiger partial charge in [-0.15, -0.1) is 0 Å². The summed E-state index contributed by atoms with van der Waals surface area (Å²) in [6, 6.07) is 2.14. The molecule has 2 aliphatic rings. The van der Waals surface area contributed by atoms with Crippen molar-refractivity contribution in [3.63, 3.8) is 0 Å². The van der Waals surface area contributed by atoms with Crippen molar-refractivity contribution < 1.29 is 4.79 Å². The van der Waals surface area contributed by atoms with Gasteiger partial charge in [-0.1, -0.05) is 27.2 Å². The molecule has 0 spiro atoms. The van der Waals surface area contributed by atoms with Gasteiger partial charge in [0.05, 0.1) is 6.04 Å². The van der Waals surface area contributed by atoms with E-state index in [1.807, 2.05) is 0 Å². The van der Waals surface area contributed by atoms with Crippen molar-refractivity contribution in [1.82, 2.24) is 10.2 Å². The molecule has 3 atom stereocenters. The summed E-state index contributed by atoms with van der Waals surface area (Å²) in [5.74, 6) is 0.959. The van der Waals surface area contributed by atoms with Crippen molar-refractivity contribution >= 4 is 17.2 Å². The molecule has 20 heavy (non-hydrogen) atoms. The number of carbonyl (C=O) groups is 1. The second-order valence-corrected chi connectivity index (χ2v) is 7.63. The number of rotatable bonds is 5. The summed E-state index contributed by atoms with van der Waals surface area (Å²) in [6.45, 7) is 7.64. The molecule has 2 heterocycles. The fourth-order valence-electron chi connectivity index (χ4n) is 3.20. The van der Waals surface area contributed by atoms with Gasteiger partial charge in [0, 0.05) is 6.54 Å². The molecule has 1 aromatic heterocycles. The van der Waals surface area contributed by atoms with Crippen molar-refractivity contribution in [2.45, 2.75) is 52.2 Å². The number of carbonyl (C=O) groups excluding carboxylic acids is 1. The van der Waals surface area contributed by atoms with E-state index in [0.717, 1.165) is 19.4 Å². The van der Waals surface area contributed by atoms with Crippen LogP contribution in [0, 0.1) is 11.3 Å². The maximum atomic E-state index is 12.6. The third kappa shape index (κ3) is 2.51. The van der Waals surface area contributed by atoms with Crippen molar-refractivity contribution in [1.29, 1.82) is 0 Å². The number of hydrogen-bond acceptors (Lipinski definition) is 3. The Hall–Kier alpha value is -0.870. The molecule has 0 aromatic carbocycles. The van der Waals surface area contributed by atoms with Gasteiger partial charge in [-0.05, 0) is 46.6 Å². The molecule has 1 aliphatic heterocycles. The van der Waals surface area contributed by atoms with E-state index in [1.54, 1.807) is 11.3 Å². The number of thiophene rings is 1. The van der Waals surface area contributed by atoms with Crippen molar-refractivity contribution in [3.8, 4) is 0 Å². The highest BCUT2D eigenvalue weighted by Gasteiger charge is 2.49. The van der Waals surface area contributed by atoms with Crippen LogP contribution < -0.4 is 5.32 Å². The van der Waals surface area contributed by atoms with E-state index in [-0.39, 0.29) is 12.2 Å². The van der Waals surface area contributed by atoms with Gasteiger partial charge >= 0.3 is 0 Å². The third-order valence-electron chi connectivity index (χ3n) is 4.82. The summed E-state index contributed by atoms with van der Waals surface area (Å²) in [5.41, 5.74) is 1.66. The fourth-order valence-corrected chi connectivity index (χ4v) is 3.88. The molecule has 3 unspecified atom stereocenters. The summed E-state index contributed by atoms with van der Waals surface area (Å²) in [4.78, 5) is 14.7. The van der Waals surface area contributed by atoms with E-state index in [9.17, 15) is 4.79 Å².